The Labute approximate surface area is 127 Å². The Bertz CT molecular complexity index is 597. The molecule has 0 bridgehead atoms. The number of aromatic nitrogens is 1. The van der Waals surface area contributed by atoms with Crippen molar-refractivity contribution < 1.29 is 5.11 Å². The minimum atomic E-state index is 0.241. The predicted octanol–water partition coefficient (Wildman–Crippen LogP) is 2.11. The van der Waals surface area contributed by atoms with Crippen molar-refractivity contribution in [3.05, 3.63) is 34.9 Å². The molecule has 1 aromatic carbocycles. The van der Waals surface area contributed by atoms with Gasteiger partial charge in [-0.15, -0.1) is 0 Å². The zero-order chi connectivity index (χ0) is 13.9. The van der Waals surface area contributed by atoms with Crippen LogP contribution in [0.25, 0.3) is 10.9 Å². The van der Waals surface area contributed by atoms with Gasteiger partial charge in [-0.1, -0.05) is 12.1 Å². The highest BCUT2D eigenvalue weighted by molar-refractivity contribution is 9.10. The largest absolute Gasteiger partial charge is 0.395 e. The third-order valence-corrected chi connectivity index (χ3v) is 4.47. The number of anilines is 1. The van der Waals surface area contributed by atoms with E-state index in [1.54, 1.807) is 0 Å². The number of aliphatic hydroxyl groups is 1. The number of para-hydroxylation sites is 1. The summed E-state index contributed by atoms with van der Waals surface area (Å²) in [7, 11) is 0. The molecule has 5 heteroatoms. The first-order valence-electron chi connectivity index (χ1n) is 6.91. The van der Waals surface area contributed by atoms with Crippen LogP contribution in [-0.4, -0.2) is 54.3 Å². The van der Waals surface area contributed by atoms with E-state index in [1.807, 2.05) is 12.3 Å². The van der Waals surface area contributed by atoms with E-state index in [2.05, 4.69) is 48.9 Å². The van der Waals surface area contributed by atoms with Crippen LogP contribution >= 0.6 is 15.9 Å². The van der Waals surface area contributed by atoms with E-state index in [9.17, 15) is 0 Å². The van der Waals surface area contributed by atoms with Crippen molar-refractivity contribution in [2.24, 2.45) is 0 Å². The van der Waals surface area contributed by atoms with Crippen LogP contribution in [0.4, 0.5) is 5.69 Å². The highest BCUT2D eigenvalue weighted by atomic mass is 79.9. The lowest BCUT2D eigenvalue weighted by molar-refractivity contribution is 0.189. The number of benzene rings is 1. The van der Waals surface area contributed by atoms with Crippen LogP contribution in [0.2, 0.25) is 0 Å². The maximum absolute atomic E-state index is 9.00. The molecule has 20 heavy (non-hydrogen) atoms. The van der Waals surface area contributed by atoms with Gasteiger partial charge < -0.3 is 10.0 Å². The zero-order valence-corrected chi connectivity index (χ0v) is 12.9. The van der Waals surface area contributed by atoms with Crippen LogP contribution in [0.15, 0.2) is 34.9 Å². The lowest BCUT2D eigenvalue weighted by atomic mass is 10.1. The van der Waals surface area contributed by atoms with Crippen molar-refractivity contribution in [3.8, 4) is 0 Å². The van der Waals surface area contributed by atoms with Gasteiger partial charge in [0.05, 0.1) is 12.1 Å². The van der Waals surface area contributed by atoms with Gasteiger partial charge in [0.25, 0.3) is 0 Å². The molecule has 0 unspecified atom stereocenters. The Balaban J connectivity index is 1.86. The van der Waals surface area contributed by atoms with Crippen molar-refractivity contribution in [3.63, 3.8) is 0 Å². The SMILES string of the molecule is OCCN1CCN(c2ccnc3c(Br)cccc23)CC1. The molecule has 1 saturated heterocycles. The highest BCUT2D eigenvalue weighted by Crippen LogP contribution is 2.30. The van der Waals surface area contributed by atoms with Crippen LogP contribution in [-0.2, 0) is 0 Å². The topological polar surface area (TPSA) is 39.6 Å². The number of halogens is 1. The minimum Gasteiger partial charge on any atom is -0.395 e. The average molecular weight is 336 g/mol. The third-order valence-electron chi connectivity index (χ3n) is 3.83. The Morgan fingerprint density at radius 3 is 2.70 bits per heavy atom. The number of nitrogens with zero attached hydrogens (tertiary/aromatic N) is 3. The molecule has 0 spiro atoms. The number of pyridine rings is 1. The van der Waals surface area contributed by atoms with E-state index in [1.165, 1.54) is 11.1 Å². The van der Waals surface area contributed by atoms with Gasteiger partial charge in [0.15, 0.2) is 0 Å². The lowest BCUT2D eigenvalue weighted by Crippen LogP contribution is -2.47. The molecule has 0 saturated carbocycles. The highest BCUT2D eigenvalue weighted by Gasteiger charge is 2.18. The van der Waals surface area contributed by atoms with Crippen molar-refractivity contribution in [2.45, 2.75) is 0 Å². The first kappa shape index (κ1) is 13.8. The monoisotopic (exact) mass is 335 g/mol. The van der Waals surface area contributed by atoms with E-state index in [4.69, 9.17) is 5.11 Å². The molecule has 0 radical (unpaired) electrons. The summed E-state index contributed by atoms with van der Waals surface area (Å²) in [6, 6.07) is 8.30. The van der Waals surface area contributed by atoms with Gasteiger partial charge in [0, 0.05) is 54.5 Å². The summed E-state index contributed by atoms with van der Waals surface area (Å²) in [6.45, 7) is 5.00. The number of rotatable bonds is 3. The standard InChI is InChI=1S/C15H18BrN3O/c16-13-3-1-2-12-14(4-5-17-15(12)13)19-8-6-18(7-9-19)10-11-20/h1-5,20H,6-11H2. The molecule has 4 nitrogen and oxygen atoms in total. The molecule has 3 rings (SSSR count). The Hall–Kier alpha value is -1.17. The molecule has 1 aliphatic rings. The molecule has 1 N–H and O–H groups in total. The van der Waals surface area contributed by atoms with E-state index < -0.39 is 0 Å². The molecular formula is C15H18BrN3O. The Kier molecular flexibility index (Phi) is 4.19. The van der Waals surface area contributed by atoms with E-state index >= 15 is 0 Å². The molecule has 0 aliphatic carbocycles. The Morgan fingerprint density at radius 1 is 1.15 bits per heavy atom. The molecule has 2 heterocycles. The van der Waals surface area contributed by atoms with E-state index in [0.717, 1.165) is 42.7 Å². The summed E-state index contributed by atoms with van der Waals surface area (Å²) in [5.41, 5.74) is 2.27. The van der Waals surface area contributed by atoms with Crippen LogP contribution in [0.1, 0.15) is 0 Å². The van der Waals surface area contributed by atoms with E-state index in [-0.39, 0.29) is 6.61 Å². The van der Waals surface area contributed by atoms with Crippen LogP contribution in [0.3, 0.4) is 0 Å². The number of hydrogen-bond donors (Lipinski definition) is 1. The maximum atomic E-state index is 9.00. The quantitative estimate of drug-likeness (QED) is 0.932. The van der Waals surface area contributed by atoms with Crippen molar-refractivity contribution in [1.82, 2.24) is 9.88 Å². The number of β-amino-alcohol motifs (C(OH)–C–C–N with tert-alkyl or cyclic N) is 1. The van der Waals surface area contributed by atoms with Gasteiger partial charge in [-0.2, -0.15) is 0 Å². The summed E-state index contributed by atoms with van der Waals surface area (Å²) in [5, 5.41) is 10.2. The van der Waals surface area contributed by atoms with Crippen LogP contribution < -0.4 is 4.90 Å². The van der Waals surface area contributed by atoms with Gasteiger partial charge in [0.2, 0.25) is 0 Å². The fourth-order valence-electron chi connectivity index (χ4n) is 2.75. The van der Waals surface area contributed by atoms with Gasteiger partial charge in [0.1, 0.15) is 0 Å². The fourth-order valence-corrected chi connectivity index (χ4v) is 3.22. The summed E-state index contributed by atoms with van der Waals surface area (Å²) >= 11 is 3.57. The lowest BCUT2D eigenvalue weighted by Gasteiger charge is -2.36. The van der Waals surface area contributed by atoms with E-state index in [0.29, 0.717) is 0 Å². The molecule has 0 amide bonds. The molecular weight excluding hydrogens is 318 g/mol. The minimum absolute atomic E-state index is 0.241. The summed E-state index contributed by atoms with van der Waals surface area (Å²) in [4.78, 5) is 9.17. The molecule has 0 atom stereocenters. The van der Waals surface area contributed by atoms with Crippen molar-refractivity contribution in [2.75, 3.05) is 44.2 Å². The van der Waals surface area contributed by atoms with Crippen LogP contribution in [0, 0.1) is 0 Å². The first-order chi connectivity index (χ1) is 9.79. The average Bonchev–Trinajstić information content (AvgIpc) is 2.48. The van der Waals surface area contributed by atoms with Crippen LogP contribution in [0.5, 0.6) is 0 Å². The number of hydrogen-bond acceptors (Lipinski definition) is 4. The molecule has 2 aromatic rings. The second-order valence-electron chi connectivity index (χ2n) is 5.02. The van der Waals surface area contributed by atoms with Crippen molar-refractivity contribution >= 4 is 32.5 Å². The third kappa shape index (κ3) is 2.66. The zero-order valence-electron chi connectivity index (χ0n) is 11.3. The number of aliphatic hydroxyl groups excluding tert-OH is 1. The fraction of sp³-hybridized carbons (Fsp3) is 0.400. The summed E-state index contributed by atoms with van der Waals surface area (Å²) < 4.78 is 1.04. The van der Waals surface area contributed by atoms with Gasteiger partial charge in [-0.3, -0.25) is 9.88 Å². The van der Waals surface area contributed by atoms with Gasteiger partial charge in [-0.05, 0) is 28.1 Å². The molecule has 1 aliphatic heterocycles. The molecule has 1 fully saturated rings. The predicted molar refractivity (Wildman–Crippen MR) is 85.2 cm³/mol. The smallest absolute Gasteiger partial charge is 0.0864 e. The van der Waals surface area contributed by atoms with Gasteiger partial charge >= 0.3 is 0 Å². The summed E-state index contributed by atoms with van der Waals surface area (Å²) in [6.07, 6.45) is 1.88. The second kappa shape index (κ2) is 6.08. The van der Waals surface area contributed by atoms with Gasteiger partial charge in [-0.25, -0.2) is 0 Å². The normalized spacial score (nSPS) is 16.8. The number of fused-ring (bicyclic) bond motifs is 1. The molecule has 106 valence electrons. The summed E-state index contributed by atoms with van der Waals surface area (Å²) in [5.74, 6) is 0. The maximum Gasteiger partial charge on any atom is 0.0864 e. The Morgan fingerprint density at radius 2 is 1.95 bits per heavy atom. The molecule has 1 aromatic heterocycles. The van der Waals surface area contributed by atoms with Crippen molar-refractivity contribution in [1.29, 1.82) is 0 Å². The second-order valence-corrected chi connectivity index (χ2v) is 5.87. The number of piperazine rings is 1. The first-order valence-corrected chi connectivity index (χ1v) is 7.70.